The van der Waals surface area contributed by atoms with E-state index in [4.69, 9.17) is 5.73 Å². The standard InChI is InChI=1S/C20H29FN4O3/c1-20(2,3)25(12-17(26)23-16-8-6-15(21)7-9-16)18(27)13-24-10-4-5-14(11-24)19(22)28/h6-9,14H,4-5,10-13H2,1-3H3,(H2,22,28)(H,23,26)/t14-/m0/s1. The SMILES string of the molecule is CC(C)(C)N(CC(=O)Nc1ccc(F)cc1)C(=O)CN1CCC[C@H](C(N)=O)C1. The van der Waals surface area contributed by atoms with Crippen molar-refractivity contribution in [2.75, 3.05) is 31.5 Å². The van der Waals surface area contributed by atoms with Crippen LogP contribution in [0.5, 0.6) is 0 Å². The van der Waals surface area contributed by atoms with Gasteiger partial charge >= 0.3 is 0 Å². The largest absolute Gasteiger partial charge is 0.369 e. The van der Waals surface area contributed by atoms with E-state index in [-0.39, 0.29) is 42.5 Å². The Balaban J connectivity index is 2.00. The number of rotatable bonds is 6. The number of piperidine rings is 1. The van der Waals surface area contributed by atoms with Gasteiger partial charge in [0.25, 0.3) is 0 Å². The Bertz CT molecular complexity index is 715. The second kappa shape index (κ2) is 9.14. The summed E-state index contributed by atoms with van der Waals surface area (Å²) in [6, 6.07) is 5.45. The quantitative estimate of drug-likeness (QED) is 0.768. The molecule has 28 heavy (non-hydrogen) atoms. The Morgan fingerprint density at radius 3 is 2.46 bits per heavy atom. The molecule has 1 aromatic carbocycles. The van der Waals surface area contributed by atoms with Gasteiger partial charge in [-0.3, -0.25) is 19.3 Å². The Morgan fingerprint density at radius 1 is 1.25 bits per heavy atom. The van der Waals surface area contributed by atoms with Gasteiger partial charge in [-0.1, -0.05) is 0 Å². The summed E-state index contributed by atoms with van der Waals surface area (Å²) in [6.07, 6.45) is 1.55. The molecule has 1 heterocycles. The van der Waals surface area contributed by atoms with Crippen LogP contribution < -0.4 is 11.1 Å². The van der Waals surface area contributed by atoms with Crippen LogP contribution in [0.3, 0.4) is 0 Å². The molecule has 2 rings (SSSR count). The summed E-state index contributed by atoms with van der Waals surface area (Å²) in [6.45, 7) is 6.77. The topological polar surface area (TPSA) is 95.7 Å². The minimum atomic E-state index is -0.559. The summed E-state index contributed by atoms with van der Waals surface area (Å²) >= 11 is 0. The monoisotopic (exact) mass is 392 g/mol. The number of primary amides is 1. The van der Waals surface area contributed by atoms with Crippen LogP contribution >= 0.6 is 0 Å². The van der Waals surface area contributed by atoms with E-state index in [1.807, 2.05) is 25.7 Å². The van der Waals surface area contributed by atoms with Crippen molar-refractivity contribution in [2.24, 2.45) is 11.7 Å². The number of nitrogens with one attached hydrogen (secondary N) is 1. The molecular weight excluding hydrogens is 363 g/mol. The predicted molar refractivity (Wildman–Crippen MR) is 105 cm³/mol. The number of nitrogens with two attached hydrogens (primary N) is 1. The maximum atomic E-state index is 13.0. The first-order chi connectivity index (χ1) is 13.1. The summed E-state index contributed by atoms with van der Waals surface area (Å²) in [5, 5.41) is 2.68. The number of carbonyl (C=O) groups excluding carboxylic acids is 3. The van der Waals surface area contributed by atoms with Crippen LogP contribution in [0, 0.1) is 11.7 Å². The van der Waals surface area contributed by atoms with E-state index in [2.05, 4.69) is 5.32 Å². The van der Waals surface area contributed by atoms with E-state index in [9.17, 15) is 18.8 Å². The molecule has 0 aromatic heterocycles. The van der Waals surface area contributed by atoms with E-state index in [1.165, 1.54) is 29.2 Å². The van der Waals surface area contributed by atoms with E-state index in [0.717, 1.165) is 19.4 Å². The molecular formula is C20H29FN4O3. The molecule has 0 saturated carbocycles. The van der Waals surface area contributed by atoms with Crippen molar-refractivity contribution in [1.82, 2.24) is 9.80 Å². The number of likely N-dealkylation sites (tertiary alicyclic amines) is 1. The molecule has 154 valence electrons. The van der Waals surface area contributed by atoms with Crippen LogP contribution in [-0.4, -0.2) is 59.2 Å². The number of hydrogen-bond acceptors (Lipinski definition) is 4. The molecule has 8 heteroatoms. The first-order valence-corrected chi connectivity index (χ1v) is 9.44. The van der Waals surface area contributed by atoms with Crippen LogP contribution in [-0.2, 0) is 14.4 Å². The third kappa shape index (κ3) is 6.30. The lowest BCUT2D eigenvalue weighted by Crippen LogP contribution is -2.53. The molecule has 3 N–H and O–H groups in total. The van der Waals surface area contributed by atoms with Crippen molar-refractivity contribution in [3.8, 4) is 0 Å². The van der Waals surface area contributed by atoms with E-state index >= 15 is 0 Å². The van der Waals surface area contributed by atoms with Gasteiger partial charge in [-0.2, -0.15) is 0 Å². The van der Waals surface area contributed by atoms with Gasteiger partial charge in [-0.25, -0.2) is 4.39 Å². The molecule has 0 aliphatic carbocycles. The van der Waals surface area contributed by atoms with Gasteiger partial charge in [-0.05, 0) is 64.4 Å². The van der Waals surface area contributed by atoms with E-state index in [1.54, 1.807) is 0 Å². The highest BCUT2D eigenvalue weighted by Crippen LogP contribution is 2.19. The molecule has 1 aliphatic rings. The Hall–Kier alpha value is -2.48. The van der Waals surface area contributed by atoms with Crippen molar-refractivity contribution >= 4 is 23.4 Å². The number of hydrogen-bond donors (Lipinski definition) is 2. The summed E-state index contributed by atoms with van der Waals surface area (Å²) in [7, 11) is 0. The number of amides is 3. The zero-order valence-corrected chi connectivity index (χ0v) is 16.7. The molecule has 0 bridgehead atoms. The molecule has 1 atom stereocenters. The predicted octanol–water partition coefficient (Wildman–Crippen LogP) is 1.59. The number of anilines is 1. The lowest BCUT2D eigenvalue weighted by atomic mass is 9.97. The molecule has 7 nitrogen and oxygen atoms in total. The smallest absolute Gasteiger partial charge is 0.244 e. The Kier molecular flexibility index (Phi) is 7.12. The van der Waals surface area contributed by atoms with Crippen molar-refractivity contribution in [3.05, 3.63) is 30.1 Å². The van der Waals surface area contributed by atoms with E-state index in [0.29, 0.717) is 12.2 Å². The summed E-state index contributed by atoms with van der Waals surface area (Å²) in [5.41, 5.74) is 5.31. The lowest BCUT2D eigenvalue weighted by Gasteiger charge is -2.38. The first kappa shape index (κ1) is 21.8. The van der Waals surface area contributed by atoms with E-state index < -0.39 is 5.54 Å². The maximum Gasteiger partial charge on any atom is 0.244 e. The van der Waals surface area contributed by atoms with Gasteiger partial charge in [0, 0.05) is 17.8 Å². The Morgan fingerprint density at radius 2 is 1.89 bits per heavy atom. The van der Waals surface area contributed by atoms with Gasteiger partial charge in [0.05, 0.1) is 12.5 Å². The molecule has 0 spiro atoms. The first-order valence-electron chi connectivity index (χ1n) is 9.44. The maximum absolute atomic E-state index is 13.0. The van der Waals surface area contributed by atoms with Crippen molar-refractivity contribution < 1.29 is 18.8 Å². The van der Waals surface area contributed by atoms with Gasteiger partial charge in [0.1, 0.15) is 12.4 Å². The molecule has 0 unspecified atom stereocenters. The minimum Gasteiger partial charge on any atom is -0.369 e. The zero-order chi connectivity index (χ0) is 20.9. The van der Waals surface area contributed by atoms with Crippen molar-refractivity contribution in [1.29, 1.82) is 0 Å². The molecule has 1 aromatic rings. The number of carbonyl (C=O) groups is 3. The van der Waals surface area contributed by atoms with Crippen molar-refractivity contribution in [3.63, 3.8) is 0 Å². The van der Waals surface area contributed by atoms with Crippen LogP contribution in [0.4, 0.5) is 10.1 Å². The average Bonchev–Trinajstić information content (AvgIpc) is 2.61. The van der Waals surface area contributed by atoms with Crippen LogP contribution in [0.25, 0.3) is 0 Å². The molecule has 1 saturated heterocycles. The molecule has 1 aliphatic heterocycles. The van der Waals surface area contributed by atoms with Gasteiger partial charge < -0.3 is 16.0 Å². The average molecular weight is 392 g/mol. The third-order valence-electron chi connectivity index (χ3n) is 4.81. The molecule has 3 amide bonds. The van der Waals surface area contributed by atoms with Crippen LogP contribution in [0.1, 0.15) is 33.6 Å². The lowest BCUT2D eigenvalue weighted by molar-refractivity contribution is -0.141. The second-order valence-corrected chi connectivity index (χ2v) is 8.18. The Labute approximate surface area is 165 Å². The van der Waals surface area contributed by atoms with Crippen LogP contribution in [0.2, 0.25) is 0 Å². The van der Waals surface area contributed by atoms with Crippen molar-refractivity contribution in [2.45, 2.75) is 39.2 Å². The summed E-state index contributed by atoms with van der Waals surface area (Å²) in [4.78, 5) is 40.2. The van der Waals surface area contributed by atoms with Gasteiger partial charge in [-0.15, -0.1) is 0 Å². The minimum absolute atomic E-state index is 0.118. The highest BCUT2D eigenvalue weighted by molar-refractivity contribution is 5.95. The van der Waals surface area contributed by atoms with Gasteiger partial charge in [0.15, 0.2) is 0 Å². The van der Waals surface area contributed by atoms with Crippen LogP contribution in [0.15, 0.2) is 24.3 Å². The highest BCUT2D eigenvalue weighted by atomic mass is 19.1. The zero-order valence-electron chi connectivity index (χ0n) is 16.7. The van der Waals surface area contributed by atoms with Gasteiger partial charge in [0.2, 0.25) is 17.7 Å². The number of benzene rings is 1. The fourth-order valence-corrected chi connectivity index (χ4v) is 3.28. The second-order valence-electron chi connectivity index (χ2n) is 8.18. The fourth-order valence-electron chi connectivity index (χ4n) is 3.28. The number of halogens is 1. The normalized spacial score (nSPS) is 17.8. The fraction of sp³-hybridized carbons (Fsp3) is 0.550. The summed E-state index contributed by atoms with van der Waals surface area (Å²) < 4.78 is 13.0. The highest BCUT2D eigenvalue weighted by Gasteiger charge is 2.31. The summed E-state index contributed by atoms with van der Waals surface area (Å²) in [5.74, 6) is -1.52. The third-order valence-corrected chi connectivity index (χ3v) is 4.81. The number of nitrogens with zero attached hydrogens (tertiary/aromatic N) is 2. The molecule has 1 fully saturated rings. The molecule has 0 radical (unpaired) electrons.